The number of nitrogens with zero attached hydrogens (tertiary/aromatic N) is 2. The monoisotopic (exact) mass is 369 g/mol. The van der Waals surface area contributed by atoms with Crippen LogP contribution in [0.2, 0.25) is 0 Å². The molecule has 0 unspecified atom stereocenters. The van der Waals surface area contributed by atoms with Crippen LogP contribution < -0.4 is 5.32 Å². The Morgan fingerprint density at radius 2 is 1.39 bits per heavy atom. The van der Waals surface area contributed by atoms with Crippen molar-refractivity contribution in [2.75, 3.05) is 5.32 Å². The van der Waals surface area contributed by atoms with E-state index in [0.717, 1.165) is 22.4 Å². The van der Waals surface area contributed by atoms with Crippen molar-refractivity contribution >= 4 is 11.6 Å². The molecule has 1 heterocycles. The normalized spacial score (nSPS) is 10.6. The van der Waals surface area contributed by atoms with Crippen LogP contribution in [0.3, 0.4) is 0 Å². The number of hydrogen-bond acceptors (Lipinski definition) is 4. The van der Waals surface area contributed by atoms with Crippen molar-refractivity contribution in [3.8, 4) is 22.5 Å². The Bertz CT molecular complexity index is 1040. The zero-order chi connectivity index (χ0) is 19.2. The van der Waals surface area contributed by atoms with Gasteiger partial charge in [-0.05, 0) is 23.3 Å². The smallest absolute Gasteiger partial charge is 0.227 e. The largest absolute Gasteiger partial charge is 0.339 e. The second-order valence-electron chi connectivity index (χ2n) is 6.37. The number of hydrogen-bond donors (Lipinski definition) is 1. The fourth-order valence-corrected chi connectivity index (χ4v) is 2.88. The number of aromatic nitrogens is 2. The zero-order valence-corrected chi connectivity index (χ0v) is 15.2. The molecule has 4 rings (SSSR count). The highest BCUT2D eigenvalue weighted by atomic mass is 16.5. The van der Waals surface area contributed by atoms with Crippen molar-refractivity contribution in [2.45, 2.75) is 12.8 Å². The van der Waals surface area contributed by atoms with E-state index in [1.807, 2.05) is 72.8 Å². The summed E-state index contributed by atoms with van der Waals surface area (Å²) in [5.41, 5.74) is 3.91. The molecule has 5 heteroatoms. The van der Waals surface area contributed by atoms with Crippen molar-refractivity contribution in [1.82, 2.24) is 10.1 Å². The van der Waals surface area contributed by atoms with E-state index < -0.39 is 0 Å². The van der Waals surface area contributed by atoms with Crippen LogP contribution in [-0.4, -0.2) is 16.0 Å². The lowest BCUT2D eigenvalue weighted by Gasteiger charge is -2.06. The van der Waals surface area contributed by atoms with Crippen LogP contribution in [-0.2, 0) is 11.2 Å². The van der Waals surface area contributed by atoms with E-state index in [1.54, 1.807) is 0 Å². The Balaban J connectivity index is 1.32. The highest BCUT2D eigenvalue weighted by molar-refractivity contribution is 5.91. The minimum absolute atomic E-state index is 0.0908. The first-order valence-electron chi connectivity index (χ1n) is 9.11. The van der Waals surface area contributed by atoms with Gasteiger partial charge in [0, 0.05) is 24.1 Å². The lowest BCUT2D eigenvalue weighted by atomic mass is 10.1. The van der Waals surface area contributed by atoms with Crippen molar-refractivity contribution in [2.24, 2.45) is 0 Å². The van der Waals surface area contributed by atoms with Crippen molar-refractivity contribution in [3.05, 3.63) is 90.8 Å². The molecule has 0 atom stereocenters. The molecule has 5 nitrogen and oxygen atoms in total. The summed E-state index contributed by atoms with van der Waals surface area (Å²) in [6, 6.07) is 27.5. The summed E-state index contributed by atoms with van der Waals surface area (Å²) in [6.45, 7) is 0. The van der Waals surface area contributed by atoms with Gasteiger partial charge in [-0.15, -0.1) is 0 Å². The lowest BCUT2D eigenvalue weighted by Crippen LogP contribution is -2.12. The summed E-state index contributed by atoms with van der Waals surface area (Å²) in [5.74, 6) is 0.896. The molecule has 0 saturated heterocycles. The molecule has 1 N–H and O–H groups in total. The molecule has 0 fully saturated rings. The van der Waals surface area contributed by atoms with Crippen LogP contribution in [0.1, 0.15) is 12.3 Å². The van der Waals surface area contributed by atoms with Gasteiger partial charge in [0.15, 0.2) is 0 Å². The van der Waals surface area contributed by atoms with Crippen LogP contribution >= 0.6 is 0 Å². The van der Waals surface area contributed by atoms with Gasteiger partial charge in [-0.2, -0.15) is 4.98 Å². The molecule has 0 spiro atoms. The molecule has 0 aliphatic carbocycles. The van der Waals surface area contributed by atoms with E-state index in [-0.39, 0.29) is 12.3 Å². The number of rotatable bonds is 6. The quantitative estimate of drug-likeness (QED) is 0.521. The maximum atomic E-state index is 12.2. The first kappa shape index (κ1) is 17.7. The van der Waals surface area contributed by atoms with Gasteiger partial charge in [0.1, 0.15) is 0 Å². The minimum atomic E-state index is -0.0908. The molecule has 28 heavy (non-hydrogen) atoms. The van der Waals surface area contributed by atoms with Gasteiger partial charge < -0.3 is 9.84 Å². The predicted molar refractivity (Wildman–Crippen MR) is 109 cm³/mol. The predicted octanol–water partition coefficient (Wildman–Crippen LogP) is 4.97. The fraction of sp³-hybridized carbons (Fsp3) is 0.0870. The molecule has 0 saturated carbocycles. The van der Waals surface area contributed by atoms with Gasteiger partial charge in [-0.25, -0.2) is 0 Å². The minimum Gasteiger partial charge on any atom is -0.339 e. The van der Waals surface area contributed by atoms with E-state index in [2.05, 4.69) is 27.6 Å². The second-order valence-corrected chi connectivity index (χ2v) is 6.37. The van der Waals surface area contributed by atoms with Gasteiger partial charge in [0.05, 0.1) is 0 Å². The third-order valence-electron chi connectivity index (χ3n) is 4.34. The number of benzene rings is 3. The SMILES string of the molecule is O=C(CCc1nc(-c2ccccc2)no1)Nc1ccc(-c2ccccc2)cc1. The molecule has 0 radical (unpaired) electrons. The van der Waals surface area contributed by atoms with E-state index in [9.17, 15) is 4.79 Å². The van der Waals surface area contributed by atoms with Crippen LogP contribution in [0.25, 0.3) is 22.5 Å². The number of carbonyl (C=O) groups excluding carboxylic acids is 1. The van der Waals surface area contributed by atoms with Crippen LogP contribution in [0, 0.1) is 0 Å². The number of amides is 1. The van der Waals surface area contributed by atoms with Gasteiger partial charge in [0.2, 0.25) is 17.6 Å². The molecular formula is C23H19N3O2. The van der Waals surface area contributed by atoms with Crippen molar-refractivity contribution in [1.29, 1.82) is 0 Å². The highest BCUT2D eigenvalue weighted by Crippen LogP contribution is 2.21. The first-order chi connectivity index (χ1) is 13.8. The average molecular weight is 369 g/mol. The van der Waals surface area contributed by atoms with Crippen LogP contribution in [0.15, 0.2) is 89.5 Å². The topological polar surface area (TPSA) is 68.0 Å². The number of nitrogens with one attached hydrogen (secondary N) is 1. The van der Waals surface area contributed by atoms with Crippen molar-refractivity contribution < 1.29 is 9.32 Å². The summed E-state index contributed by atoms with van der Waals surface area (Å²) in [6.07, 6.45) is 0.671. The molecule has 0 bridgehead atoms. The molecular weight excluding hydrogens is 350 g/mol. The maximum absolute atomic E-state index is 12.2. The summed E-state index contributed by atoms with van der Waals surface area (Å²) >= 11 is 0. The molecule has 138 valence electrons. The Morgan fingerprint density at radius 1 is 0.786 bits per heavy atom. The van der Waals surface area contributed by atoms with Crippen LogP contribution in [0.5, 0.6) is 0 Å². The molecule has 0 aliphatic heterocycles. The number of aryl methyl sites for hydroxylation is 1. The molecule has 1 aromatic heterocycles. The Labute approximate surface area is 163 Å². The van der Waals surface area contributed by atoms with Gasteiger partial charge in [-0.1, -0.05) is 78.0 Å². The molecule has 1 amide bonds. The third kappa shape index (κ3) is 4.32. The molecule has 3 aromatic carbocycles. The summed E-state index contributed by atoms with van der Waals surface area (Å²) in [7, 11) is 0. The van der Waals surface area contributed by atoms with Gasteiger partial charge in [-0.3, -0.25) is 4.79 Å². The molecule has 0 aliphatic rings. The summed E-state index contributed by atoms with van der Waals surface area (Å²) < 4.78 is 5.24. The standard InChI is InChI=1S/C23H19N3O2/c27-21(15-16-22-25-23(26-28-22)19-9-5-2-6-10-19)24-20-13-11-18(12-14-20)17-7-3-1-4-8-17/h1-14H,15-16H2,(H,24,27). The average Bonchev–Trinajstić information content (AvgIpc) is 3.23. The highest BCUT2D eigenvalue weighted by Gasteiger charge is 2.10. The maximum Gasteiger partial charge on any atom is 0.227 e. The summed E-state index contributed by atoms with van der Waals surface area (Å²) in [4.78, 5) is 16.6. The van der Waals surface area contributed by atoms with Gasteiger partial charge in [0.25, 0.3) is 0 Å². The fourth-order valence-electron chi connectivity index (χ4n) is 2.88. The van der Waals surface area contributed by atoms with E-state index >= 15 is 0 Å². The van der Waals surface area contributed by atoms with E-state index in [1.165, 1.54) is 0 Å². The lowest BCUT2D eigenvalue weighted by molar-refractivity contribution is -0.116. The zero-order valence-electron chi connectivity index (χ0n) is 15.2. The number of carbonyl (C=O) groups is 1. The Morgan fingerprint density at radius 3 is 2.07 bits per heavy atom. The Hall–Kier alpha value is -3.73. The van der Waals surface area contributed by atoms with Crippen molar-refractivity contribution in [3.63, 3.8) is 0 Å². The second kappa shape index (κ2) is 8.31. The summed E-state index contributed by atoms with van der Waals surface area (Å²) in [5, 5.41) is 6.87. The third-order valence-corrected chi connectivity index (χ3v) is 4.34. The first-order valence-corrected chi connectivity index (χ1v) is 9.11. The van der Waals surface area contributed by atoms with Crippen LogP contribution in [0.4, 0.5) is 5.69 Å². The van der Waals surface area contributed by atoms with E-state index in [0.29, 0.717) is 18.1 Å². The van der Waals surface area contributed by atoms with E-state index in [4.69, 9.17) is 4.52 Å². The number of anilines is 1. The Kier molecular flexibility index (Phi) is 5.24. The van der Waals surface area contributed by atoms with Gasteiger partial charge >= 0.3 is 0 Å². The molecule has 4 aromatic rings.